The van der Waals surface area contributed by atoms with E-state index in [9.17, 15) is 9.18 Å². The number of ether oxygens (including phenoxy) is 2. The summed E-state index contributed by atoms with van der Waals surface area (Å²) < 4.78 is 23.7. The molecule has 0 unspecified atom stereocenters. The molecule has 2 N–H and O–H groups in total. The van der Waals surface area contributed by atoms with Gasteiger partial charge >= 0.3 is 0 Å². The van der Waals surface area contributed by atoms with E-state index in [4.69, 9.17) is 9.47 Å². The lowest BCUT2D eigenvalue weighted by Crippen LogP contribution is -2.29. The van der Waals surface area contributed by atoms with Crippen molar-refractivity contribution in [3.8, 4) is 5.75 Å². The molecule has 1 aromatic rings. The Hall–Kier alpha value is -1.66. The Labute approximate surface area is 124 Å². The van der Waals surface area contributed by atoms with Crippen LogP contribution in [0.1, 0.15) is 18.9 Å². The van der Waals surface area contributed by atoms with Crippen LogP contribution in [-0.4, -0.2) is 39.3 Å². The number of carbonyl (C=O) groups is 1. The summed E-state index contributed by atoms with van der Waals surface area (Å²) in [6.07, 6.45) is 0.864. The molecule has 0 aliphatic carbocycles. The molecule has 0 saturated heterocycles. The zero-order valence-electron chi connectivity index (χ0n) is 12.6. The number of methoxy groups -OCH3 is 1. The molecule has 0 radical (unpaired) electrons. The van der Waals surface area contributed by atoms with Crippen LogP contribution in [0.3, 0.4) is 0 Å². The summed E-state index contributed by atoms with van der Waals surface area (Å²) in [5.74, 6) is -0.240. The van der Waals surface area contributed by atoms with Crippen LogP contribution in [0.15, 0.2) is 18.2 Å². The third-order valence-corrected chi connectivity index (χ3v) is 2.69. The number of halogens is 1. The molecule has 1 amide bonds. The van der Waals surface area contributed by atoms with Crippen LogP contribution >= 0.6 is 0 Å². The summed E-state index contributed by atoms with van der Waals surface area (Å²) in [5.41, 5.74) is 0.759. The molecule has 0 saturated carbocycles. The van der Waals surface area contributed by atoms with Gasteiger partial charge in [-0.05, 0) is 24.1 Å². The van der Waals surface area contributed by atoms with Crippen molar-refractivity contribution in [1.82, 2.24) is 10.6 Å². The third-order valence-electron chi connectivity index (χ3n) is 2.69. The molecule has 0 aliphatic heterocycles. The van der Waals surface area contributed by atoms with Crippen molar-refractivity contribution in [1.29, 1.82) is 0 Å². The van der Waals surface area contributed by atoms with Crippen LogP contribution in [0.4, 0.5) is 4.39 Å². The summed E-state index contributed by atoms with van der Waals surface area (Å²) >= 11 is 0. The average molecular weight is 298 g/mol. The Bertz CT molecular complexity index is 441. The van der Waals surface area contributed by atoms with Crippen molar-refractivity contribution in [2.45, 2.75) is 19.9 Å². The highest BCUT2D eigenvalue weighted by atomic mass is 19.1. The maximum absolute atomic E-state index is 13.5. The van der Waals surface area contributed by atoms with Gasteiger partial charge in [-0.1, -0.05) is 6.92 Å². The topological polar surface area (TPSA) is 59.6 Å². The summed E-state index contributed by atoms with van der Waals surface area (Å²) in [4.78, 5) is 11.4. The highest BCUT2D eigenvalue weighted by Crippen LogP contribution is 2.16. The number of hydrogen-bond acceptors (Lipinski definition) is 4. The van der Waals surface area contributed by atoms with E-state index in [0.29, 0.717) is 32.0 Å². The van der Waals surface area contributed by atoms with E-state index in [1.807, 2.05) is 6.92 Å². The molecule has 0 aromatic heterocycles. The fourth-order valence-corrected chi connectivity index (χ4v) is 1.68. The Morgan fingerprint density at radius 1 is 1.29 bits per heavy atom. The van der Waals surface area contributed by atoms with Crippen LogP contribution in [0.5, 0.6) is 5.75 Å². The Kier molecular flexibility index (Phi) is 8.38. The molecule has 0 bridgehead atoms. The van der Waals surface area contributed by atoms with Gasteiger partial charge in [-0.25, -0.2) is 4.39 Å². The summed E-state index contributed by atoms with van der Waals surface area (Å²) in [7, 11) is 1.62. The van der Waals surface area contributed by atoms with Gasteiger partial charge < -0.3 is 20.1 Å². The molecular formula is C15H23FN2O3. The summed E-state index contributed by atoms with van der Waals surface area (Å²) in [5, 5.41) is 5.82. The van der Waals surface area contributed by atoms with Gasteiger partial charge in [0.05, 0.1) is 6.61 Å². The largest absolute Gasteiger partial charge is 0.484 e. The summed E-state index contributed by atoms with van der Waals surface area (Å²) in [6.45, 7) is 4.26. The van der Waals surface area contributed by atoms with Crippen LogP contribution in [0.2, 0.25) is 0 Å². The number of benzene rings is 1. The van der Waals surface area contributed by atoms with Gasteiger partial charge in [0, 0.05) is 32.8 Å². The quantitative estimate of drug-likeness (QED) is 0.642. The van der Waals surface area contributed by atoms with Gasteiger partial charge in [-0.3, -0.25) is 4.79 Å². The average Bonchev–Trinajstić information content (AvgIpc) is 2.47. The standard InChI is InChI=1S/C15H23FN2O3/c1-3-4-18-15(19)11-21-14-8-12(7-13(16)9-14)10-17-5-6-20-2/h7-9,17H,3-6,10-11H2,1-2H3,(H,18,19). The highest BCUT2D eigenvalue weighted by Gasteiger charge is 2.05. The Morgan fingerprint density at radius 2 is 2.10 bits per heavy atom. The van der Waals surface area contributed by atoms with Crippen molar-refractivity contribution >= 4 is 5.91 Å². The second-order valence-corrected chi connectivity index (χ2v) is 4.60. The number of nitrogens with one attached hydrogen (secondary N) is 2. The van der Waals surface area contributed by atoms with Gasteiger partial charge in [0.15, 0.2) is 6.61 Å². The van der Waals surface area contributed by atoms with Gasteiger partial charge in [-0.2, -0.15) is 0 Å². The van der Waals surface area contributed by atoms with Crippen molar-refractivity contribution in [2.75, 3.05) is 33.4 Å². The SMILES string of the molecule is CCCNC(=O)COc1cc(F)cc(CNCCOC)c1. The van der Waals surface area contributed by atoms with E-state index in [1.165, 1.54) is 12.1 Å². The van der Waals surface area contributed by atoms with Crippen molar-refractivity contribution < 1.29 is 18.7 Å². The normalized spacial score (nSPS) is 10.4. The minimum atomic E-state index is -0.384. The van der Waals surface area contributed by atoms with Crippen LogP contribution < -0.4 is 15.4 Å². The number of rotatable bonds is 10. The van der Waals surface area contributed by atoms with E-state index in [-0.39, 0.29) is 18.3 Å². The van der Waals surface area contributed by atoms with Crippen LogP contribution in [0.25, 0.3) is 0 Å². The number of hydrogen-bond donors (Lipinski definition) is 2. The third kappa shape index (κ3) is 7.63. The zero-order chi connectivity index (χ0) is 15.5. The predicted octanol–water partition coefficient (Wildman–Crippen LogP) is 1.47. The molecule has 5 nitrogen and oxygen atoms in total. The maximum atomic E-state index is 13.5. The monoisotopic (exact) mass is 298 g/mol. The Morgan fingerprint density at radius 3 is 2.81 bits per heavy atom. The second-order valence-electron chi connectivity index (χ2n) is 4.60. The number of carbonyl (C=O) groups excluding carboxylic acids is 1. The zero-order valence-corrected chi connectivity index (χ0v) is 12.6. The first-order valence-electron chi connectivity index (χ1n) is 7.04. The molecular weight excluding hydrogens is 275 g/mol. The van der Waals surface area contributed by atoms with Gasteiger partial charge in [-0.15, -0.1) is 0 Å². The van der Waals surface area contributed by atoms with Crippen molar-refractivity contribution in [3.05, 3.63) is 29.6 Å². The van der Waals surface area contributed by atoms with Crippen molar-refractivity contribution in [2.24, 2.45) is 0 Å². The molecule has 118 valence electrons. The fraction of sp³-hybridized carbons (Fsp3) is 0.533. The molecule has 21 heavy (non-hydrogen) atoms. The molecule has 6 heteroatoms. The van der Waals surface area contributed by atoms with E-state index in [2.05, 4.69) is 10.6 Å². The predicted molar refractivity (Wildman–Crippen MR) is 78.8 cm³/mol. The fourth-order valence-electron chi connectivity index (χ4n) is 1.68. The minimum absolute atomic E-state index is 0.111. The van der Waals surface area contributed by atoms with E-state index >= 15 is 0 Å². The summed E-state index contributed by atoms with van der Waals surface area (Å²) in [6, 6.07) is 4.42. The highest BCUT2D eigenvalue weighted by molar-refractivity contribution is 5.77. The molecule has 0 spiro atoms. The van der Waals surface area contributed by atoms with E-state index in [0.717, 1.165) is 12.0 Å². The lowest BCUT2D eigenvalue weighted by molar-refractivity contribution is -0.123. The number of amides is 1. The van der Waals surface area contributed by atoms with Crippen LogP contribution in [-0.2, 0) is 16.1 Å². The van der Waals surface area contributed by atoms with Gasteiger partial charge in [0.25, 0.3) is 5.91 Å². The smallest absolute Gasteiger partial charge is 0.257 e. The van der Waals surface area contributed by atoms with Crippen molar-refractivity contribution in [3.63, 3.8) is 0 Å². The lowest BCUT2D eigenvalue weighted by atomic mass is 10.2. The first kappa shape index (κ1) is 17.4. The molecule has 1 rings (SSSR count). The van der Waals surface area contributed by atoms with Gasteiger partial charge in [0.2, 0.25) is 0 Å². The Balaban J connectivity index is 2.46. The molecule has 1 aromatic carbocycles. The first-order chi connectivity index (χ1) is 10.2. The maximum Gasteiger partial charge on any atom is 0.257 e. The van der Waals surface area contributed by atoms with Crippen LogP contribution in [0, 0.1) is 5.82 Å². The molecule has 0 heterocycles. The second kappa shape index (κ2) is 10.1. The van der Waals surface area contributed by atoms with E-state index < -0.39 is 0 Å². The van der Waals surface area contributed by atoms with E-state index in [1.54, 1.807) is 13.2 Å². The van der Waals surface area contributed by atoms with Gasteiger partial charge in [0.1, 0.15) is 11.6 Å². The molecule has 0 atom stereocenters. The first-order valence-corrected chi connectivity index (χ1v) is 7.04. The molecule has 0 aliphatic rings. The minimum Gasteiger partial charge on any atom is -0.484 e. The molecule has 0 fully saturated rings. The lowest BCUT2D eigenvalue weighted by Gasteiger charge is -2.09.